The van der Waals surface area contributed by atoms with E-state index in [1.54, 1.807) is 32.2 Å². The average Bonchev–Trinajstić information content (AvgIpc) is 3.14. The second kappa shape index (κ2) is 8.12. The molecule has 0 atom stereocenters. The number of aromatic amines is 1. The second-order valence-electron chi connectivity index (χ2n) is 7.70. The highest BCUT2D eigenvalue weighted by molar-refractivity contribution is 7.98. The molecule has 0 aliphatic heterocycles. The Morgan fingerprint density at radius 2 is 2.13 bits per heavy atom. The summed E-state index contributed by atoms with van der Waals surface area (Å²) in [5.74, 6) is 2.17. The topological polar surface area (TPSA) is 103 Å². The van der Waals surface area contributed by atoms with Crippen molar-refractivity contribution in [2.75, 3.05) is 0 Å². The normalized spacial score (nSPS) is 14.0. The number of nitrogens with one attached hydrogen (secondary N) is 1. The molecule has 162 valence electrons. The Bertz CT molecular complexity index is 1340. The second-order valence-corrected chi connectivity index (χ2v) is 9.59. The molecular weight excluding hydrogens is 434 g/mol. The Morgan fingerprint density at radius 3 is 2.84 bits per heavy atom. The van der Waals surface area contributed by atoms with E-state index in [0.29, 0.717) is 29.5 Å². The molecule has 0 spiro atoms. The van der Waals surface area contributed by atoms with Crippen molar-refractivity contribution in [3.05, 3.63) is 44.2 Å². The Hall–Kier alpha value is -2.66. The van der Waals surface area contributed by atoms with Gasteiger partial charge in [-0.3, -0.25) is 18.9 Å². The highest BCUT2D eigenvalue weighted by Gasteiger charge is 2.30. The minimum absolute atomic E-state index is 0.403. The van der Waals surface area contributed by atoms with Gasteiger partial charge in [-0.2, -0.15) is 0 Å². The highest BCUT2D eigenvalue weighted by atomic mass is 32.2. The third-order valence-electron chi connectivity index (χ3n) is 5.49. The van der Waals surface area contributed by atoms with E-state index in [1.165, 1.54) is 0 Å². The van der Waals surface area contributed by atoms with E-state index in [9.17, 15) is 9.59 Å². The molecule has 1 aliphatic rings. The number of aromatic nitrogens is 7. The Morgan fingerprint density at radius 1 is 1.29 bits per heavy atom. The molecule has 1 N–H and O–H groups in total. The van der Waals surface area contributed by atoms with Gasteiger partial charge in [0, 0.05) is 19.6 Å². The van der Waals surface area contributed by atoms with E-state index in [1.807, 2.05) is 18.5 Å². The van der Waals surface area contributed by atoms with Crippen LogP contribution < -0.4 is 11.2 Å². The maximum absolute atomic E-state index is 12.5. The van der Waals surface area contributed by atoms with E-state index in [-0.39, 0.29) is 0 Å². The molecule has 4 heterocycles. The number of fused-ring (bicyclic) bond motifs is 1. The minimum Gasteiger partial charge on any atom is -0.325 e. The van der Waals surface area contributed by atoms with Crippen molar-refractivity contribution in [3.63, 3.8) is 0 Å². The number of aryl methyl sites for hydroxylation is 2. The molecule has 0 radical (unpaired) electrons. The summed E-state index contributed by atoms with van der Waals surface area (Å²) in [5, 5.41) is 11.8. The number of thiophene rings is 1. The van der Waals surface area contributed by atoms with Gasteiger partial charge in [0.1, 0.15) is 5.82 Å². The molecule has 1 saturated carbocycles. The van der Waals surface area contributed by atoms with Crippen molar-refractivity contribution in [2.45, 2.75) is 56.1 Å². The highest BCUT2D eigenvalue weighted by Crippen LogP contribution is 2.42. The third kappa shape index (κ3) is 3.65. The van der Waals surface area contributed by atoms with E-state index in [4.69, 9.17) is 0 Å². The van der Waals surface area contributed by atoms with Gasteiger partial charge in [-0.15, -0.1) is 21.5 Å². The van der Waals surface area contributed by atoms with Crippen LogP contribution in [0.1, 0.15) is 44.5 Å². The SMILES string of the molecule is CCCCn1c(=O)[nH]c(=O)c2c1nc(CSc1nnc(-c3cccs3)n1C1CC1)n2C. The number of unbranched alkanes of at least 4 members (excludes halogenated alkanes) is 1. The summed E-state index contributed by atoms with van der Waals surface area (Å²) in [5.41, 5.74) is 0.0647. The summed E-state index contributed by atoms with van der Waals surface area (Å²) in [6.45, 7) is 2.60. The van der Waals surface area contributed by atoms with Gasteiger partial charge in [-0.25, -0.2) is 9.78 Å². The summed E-state index contributed by atoms with van der Waals surface area (Å²) in [7, 11) is 1.82. The molecule has 0 bridgehead atoms. The number of imidazole rings is 1. The first-order valence-corrected chi connectivity index (χ1v) is 12.2. The van der Waals surface area contributed by atoms with Crippen molar-refractivity contribution >= 4 is 34.3 Å². The Labute approximate surface area is 186 Å². The molecule has 1 fully saturated rings. The fourth-order valence-electron chi connectivity index (χ4n) is 3.68. The van der Waals surface area contributed by atoms with Crippen molar-refractivity contribution < 1.29 is 0 Å². The quantitative estimate of drug-likeness (QED) is 0.408. The molecule has 0 saturated heterocycles. The lowest BCUT2D eigenvalue weighted by Crippen LogP contribution is -2.31. The molecule has 0 aromatic carbocycles. The molecule has 0 unspecified atom stereocenters. The van der Waals surface area contributed by atoms with Crippen molar-refractivity contribution in [3.8, 4) is 10.7 Å². The van der Waals surface area contributed by atoms with Crippen LogP contribution in [0.4, 0.5) is 0 Å². The molecule has 5 rings (SSSR count). The standard InChI is InChI=1S/C20H23N7O2S2/c1-3-4-9-26-17-15(18(28)22-19(26)29)25(2)14(21-17)11-31-20-24-23-16(13-6-5-10-30-13)27(20)12-7-8-12/h5-6,10,12H,3-4,7-9,11H2,1-2H3,(H,22,28,29). The van der Waals surface area contributed by atoms with E-state index < -0.39 is 11.2 Å². The smallest absolute Gasteiger partial charge is 0.325 e. The lowest BCUT2D eigenvalue weighted by molar-refractivity contribution is 0.613. The number of nitrogens with zero attached hydrogens (tertiary/aromatic N) is 6. The third-order valence-corrected chi connectivity index (χ3v) is 7.29. The fourth-order valence-corrected chi connectivity index (χ4v) is 5.38. The predicted octanol–water partition coefficient (Wildman–Crippen LogP) is 3.17. The number of H-pyrrole nitrogens is 1. The zero-order chi connectivity index (χ0) is 21.5. The summed E-state index contributed by atoms with van der Waals surface area (Å²) in [6, 6.07) is 4.53. The lowest BCUT2D eigenvalue weighted by Gasteiger charge is -2.07. The first-order chi connectivity index (χ1) is 15.1. The Kier molecular flexibility index (Phi) is 5.30. The molecular formula is C20H23N7O2S2. The van der Waals surface area contributed by atoms with Crippen LogP contribution in [-0.4, -0.2) is 33.9 Å². The first kappa shape index (κ1) is 20.3. The zero-order valence-corrected chi connectivity index (χ0v) is 19.0. The maximum Gasteiger partial charge on any atom is 0.330 e. The van der Waals surface area contributed by atoms with Gasteiger partial charge in [-0.05, 0) is 30.7 Å². The van der Waals surface area contributed by atoms with Crippen LogP contribution >= 0.6 is 23.1 Å². The molecule has 11 heteroatoms. The van der Waals surface area contributed by atoms with Crippen molar-refractivity contribution in [2.24, 2.45) is 7.05 Å². The van der Waals surface area contributed by atoms with Crippen LogP contribution in [-0.2, 0) is 19.3 Å². The van der Waals surface area contributed by atoms with Crippen LogP contribution in [0.25, 0.3) is 21.9 Å². The van der Waals surface area contributed by atoms with Crippen LogP contribution in [0.5, 0.6) is 0 Å². The molecule has 4 aromatic rings. The molecule has 0 amide bonds. The number of thioether (sulfide) groups is 1. The first-order valence-electron chi connectivity index (χ1n) is 10.4. The zero-order valence-electron chi connectivity index (χ0n) is 17.4. The summed E-state index contributed by atoms with van der Waals surface area (Å²) >= 11 is 3.22. The molecule has 4 aromatic heterocycles. The van der Waals surface area contributed by atoms with Gasteiger partial charge in [0.25, 0.3) is 5.56 Å². The predicted molar refractivity (Wildman–Crippen MR) is 122 cm³/mol. The van der Waals surface area contributed by atoms with Crippen LogP contribution in [0, 0.1) is 0 Å². The van der Waals surface area contributed by atoms with E-state index in [2.05, 4.69) is 37.7 Å². The monoisotopic (exact) mass is 457 g/mol. The van der Waals surface area contributed by atoms with Gasteiger partial charge < -0.3 is 4.57 Å². The summed E-state index contributed by atoms with van der Waals surface area (Å²) in [4.78, 5) is 33.0. The maximum atomic E-state index is 12.5. The average molecular weight is 458 g/mol. The van der Waals surface area contributed by atoms with Gasteiger partial charge in [-0.1, -0.05) is 31.2 Å². The van der Waals surface area contributed by atoms with Gasteiger partial charge in [0.2, 0.25) is 0 Å². The fraction of sp³-hybridized carbons (Fsp3) is 0.450. The van der Waals surface area contributed by atoms with Crippen LogP contribution in [0.15, 0.2) is 32.3 Å². The van der Waals surface area contributed by atoms with Crippen LogP contribution in [0.3, 0.4) is 0 Å². The van der Waals surface area contributed by atoms with Gasteiger partial charge in [0.05, 0.1) is 10.6 Å². The van der Waals surface area contributed by atoms with Gasteiger partial charge in [0.15, 0.2) is 22.1 Å². The number of hydrogen-bond donors (Lipinski definition) is 1. The molecule has 9 nitrogen and oxygen atoms in total. The minimum atomic E-state index is -0.405. The van der Waals surface area contributed by atoms with Crippen molar-refractivity contribution in [1.29, 1.82) is 0 Å². The lowest BCUT2D eigenvalue weighted by atomic mass is 10.3. The number of hydrogen-bond acceptors (Lipinski definition) is 7. The van der Waals surface area contributed by atoms with E-state index >= 15 is 0 Å². The van der Waals surface area contributed by atoms with Crippen molar-refractivity contribution in [1.82, 2.24) is 33.9 Å². The largest absolute Gasteiger partial charge is 0.330 e. The Balaban J connectivity index is 1.48. The van der Waals surface area contributed by atoms with E-state index in [0.717, 1.165) is 47.4 Å². The molecule has 1 aliphatic carbocycles. The van der Waals surface area contributed by atoms with Gasteiger partial charge >= 0.3 is 5.69 Å². The summed E-state index contributed by atoms with van der Waals surface area (Å²) in [6.07, 6.45) is 4.06. The molecule has 31 heavy (non-hydrogen) atoms. The number of rotatable bonds is 8. The summed E-state index contributed by atoms with van der Waals surface area (Å²) < 4.78 is 5.57. The van der Waals surface area contributed by atoms with Crippen LogP contribution in [0.2, 0.25) is 0 Å².